The van der Waals surface area contributed by atoms with Crippen molar-refractivity contribution in [3.05, 3.63) is 65.7 Å². The van der Waals surface area contributed by atoms with Crippen LogP contribution in [0.2, 0.25) is 0 Å². The van der Waals surface area contributed by atoms with Crippen LogP contribution < -0.4 is 10.1 Å². The Morgan fingerprint density at radius 1 is 0.946 bits per heavy atom. The van der Waals surface area contributed by atoms with Crippen molar-refractivity contribution in [3.63, 3.8) is 0 Å². The van der Waals surface area contributed by atoms with Crippen molar-refractivity contribution in [2.45, 2.75) is 76.9 Å². The van der Waals surface area contributed by atoms with E-state index in [1.54, 1.807) is 7.11 Å². The fourth-order valence-corrected chi connectivity index (χ4v) is 5.78. The van der Waals surface area contributed by atoms with Crippen molar-refractivity contribution in [3.8, 4) is 5.75 Å². The van der Waals surface area contributed by atoms with Gasteiger partial charge in [0.25, 0.3) is 0 Å². The topological polar surface area (TPSA) is 61.9 Å². The number of carbonyl (C=O) groups is 2. The van der Waals surface area contributed by atoms with Crippen molar-refractivity contribution >= 4 is 11.8 Å². The van der Waals surface area contributed by atoms with Crippen LogP contribution in [0.15, 0.2) is 54.6 Å². The first-order valence-electron chi connectivity index (χ1n) is 13.9. The van der Waals surface area contributed by atoms with Crippen molar-refractivity contribution < 1.29 is 14.3 Å². The number of likely N-dealkylation sites (tertiary alicyclic amines) is 1. The second-order valence-electron chi connectivity index (χ2n) is 11.1. The van der Waals surface area contributed by atoms with Gasteiger partial charge in [-0.2, -0.15) is 0 Å². The lowest BCUT2D eigenvalue weighted by molar-refractivity contribution is -0.162. The molecule has 4 rings (SSSR count). The Bertz CT molecular complexity index is 1010. The second-order valence-corrected chi connectivity index (χ2v) is 11.1. The Balaban J connectivity index is 1.37. The first-order valence-corrected chi connectivity index (χ1v) is 13.9. The van der Waals surface area contributed by atoms with E-state index in [1.807, 2.05) is 29.2 Å². The van der Waals surface area contributed by atoms with Crippen molar-refractivity contribution in [2.75, 3.05) is 26.7 Å². The molecule has 2 aliphatic rings. The Morgan fingerprint density at radius 3 is 2.30 bits per heavy atom. The van der Waals surface area contributed by atoms with Gasteiger partial charge < -0.3 is 19.9 Å². The number of amides is 2. The number of rotatable bonds is 11. The zero-order valence-electron chi connectivity index (χ0n) is 22.7. The number of ether oxygens (including phenoxy) is 1. The highest BCUT2D eigenvalue weighted by molar-refractivity contribution is 6.00. The summed E-state index contributed by atoms with van der Waals surface area (Å²) < 4.78 is 5.30. The van der Waals surface area contributed by atoms with Crippen LogP contribution in [0, 0.1) is 5.92 Å². The lowest BCUT2D eigenvalue weighted by Gasteiger charge is -2.52. The molecular weight excluding hydrogens is 462 g/mol. The number of carbonyl (C=O) groups excluding carboxylic acids is 2. The maximum absolute atomic E-state index is 13.7. The predicted molar refractivity (Wildman–Crippen MR) is 147 cm³/mol. The summed E-state index contributed by atoms with van der Waals surface area (Å²) in [6, 6.07) is 18.1. The molecule has 2 amide bonds. The molecule has 0 bridgehead atoms. The Kier molecular flexibility index (Phi) is 9.25. The van der Waals surface area contributed by atoms with Crippen LogP contribution in [0.25, 0.3) is 0 Å². The van der Waals surface area contributed by atoms with E-state index in [1.165, 1.54) is 18.4 Å². The molecule has 0 unspecified atom stereocenters. The zero-order valence-corrected chi connectivity index (χ0v) is 22.7. The van der Waals surface area contributed by atoms with Gasteiger partial charge >= 0.3 is 0 Å². The number of benzene rings is 2. The molecule has 1 N–H and O–H groups in total. The zero-order chi connectivity index (χ0) is 26.3. The number of unbranched alkanes of at least 4 members (excludes halogenated alkanes) is 2. The summed E-state index contributed by atoms with van der Waals surface area (Å²) in [5.74, 6) is 1.19. The van der Waals surface area contributed by atoms with E-state index in [0.29, 0.717) is 31.7 Å². The molecule has 2 aromatic rings. The minimum atomic E-state index is -0.770. The summed E-state index contributed by atoms with van der Waals surface area (Å²) in [7, 11) is 1.65. The number of aryl methyl sites for hydroxylation is 1. The summed E-state index contributed by atoms with van der Waals surface area (Å²) in [5.41, 5.74) is 1.66. The van der Waals surface area contributed by atoms with E-state index in [2.05, 4.69) is 54.4 Å². The summed E-state index contributed by atoms with van der Waals surface area (Å²) in [4.78, 5) is 31.7. The van der Waals surface area contributed by atoms with Crippen LogP contribution in [0.1, 0.15) is 63.5 Å². The summed E-state index contributed by atoms with van der Waals surface area (Å²) in [5, 5.41) is 3.11. The van der Waals surface area contributed by atoms with E-state index in [-0.39, 0.29) is 11.8 Å². The van der Waals surface area contributed by atoms with Gasteiger partial charge in [-0.05, 0) is 74.2 Å². The molecule has 6 heteroatoms. The standard InChI is InChI=1S/C31H43N3O3/c1-24(2)22-28-29(35)34(23-26-13-15-27(37-3)16-14-26)31(30(36)32-28)17-20-33(21-18-31)19-9-5-8-12-25-10-6-4-7-11-25/h4,6-7,10-11,13-16,24,28H,5,8-9,12,17-23H2,1-3H3,(H,32,36)/t28-/m0/s1. The summed E-state index contributed by atoms with van der Waals surface area (Å²) in [6.45, 7) is 7.37. The molecule has 0 saturated carbocycles. The van der Waals surface area contributed by atoms with Gasteiger partial charge in [0, 0.05) is 19.6 Å². The number of piperazine rings is 1. The number of hydrogen-bond donors (Lipinski definition) is 1. The fraction of sp³-hybridized carbons (Fsp3) is 0.548. The minimum absolute atomic E-state index is 0.0220. The number of nitrogens with one attached hydrogen (secondary N) is 1. The molecule has 2 heterocycles. The third kappa shape index (κ3) is 6.72. The molecule has 2 aliphatic heterocycles. The molecule has 1 spiro atoms. The van der Waals surface area contributed by atoms with Crippen LogP contribution in [0.3, 0.4) is 0 Å². The molecule has 2 aromatic carbocycles. The molecule has 0 aliphatic carbocycles. The molecule has 2 fully saturated rings. The Hall–Kier alpha value is -2.86. The highest BCUT2D eigenvalue weighted by Crippen LogP contribution is 2.35. The molecule has 2 saturated heterocycles. The highest BCUT2D eigenvalue weighted by atomic mass is 16.5. The second kappa shape index (κ2) is 12.6. The Labute approximate surface area is 222 Å². The molecule has 0 aromatic heterocycles. The quantitative estimate of drug-likeness (QED) is 0.445. The van der Waals surface area contributed by atoms with Gasteiger partial charge in [0.1, 0.15) is 17.3 Å². The molecule has 6 nitrogen and oxygen atoms in total. The average Bonchev–Trinajstić information content (AvgIpc) is 2.91. The van der Waals surface area contributed by atoms with Gasteiger partial charge in [0.05, 0.1) is 7.11 Å². The maximum atomic E-state index is 13.7. The molecule has 0 radical (unpaired) electrons. The number of methoxy groups -OCH3 is 1. The third-order valence-corrected chi connectivity index (χ3v) is 7.98. The molecule has 200 valence electrons. The van der Waals surface area contributed by atoms with Crippen LogP contribution in [0.5, 0.6) is 5.75 Å². The SMILES string of the molecule is COc1ccc(CN2C(=O)[C@H](CC(C)C)NC(=O)C23CCN(CCCCCc2ccccc2)CC3)cc1. The van der Waals surface area contributed by atoms with Gasteiger partial charge in [0.2, 0.25) is 11.8 Å². The van der Waals surface area contributed by atoms with Crippen LogP contribution in [-0.2, 0) is 22.6 Å². The monoisotopic (exact) mass is 505 g/mol. The lowest BCUT2D eigenvalue weighted by Crippen LogP contribution is -2.72. The van der Waals surface area contributed by atoms with E-state index in [4.69, 9.17) is 4.74 Å². The van der Waals surface area contributed by atoms with Gasteiger partial charge in [-0.1, -0.05) is 62.7 Å². The first kappa shape index (κ1) is 27.2. The molecular formula is C31H43N3O3. The normalized spacial score (nSPS) is 19.9. The highest BCUT2D eigenvalue weighted by Gasteiger charge is 2.53. The average molecular weight is 506 g/mol. The Morgan fingerprint density at radius 2 is 1.65 bits per heavy atom. The van der Waals surface area contributed by atoms with E-state index < -0.39 is 11.6 Å². The summed E-state index contributed by atoms with van der Waals surface area (Å²) in [6.07, 6.45) is 6.72. The van der Waals surface area contributed by atoms with E-state index in [0.717, 1.165) is 43.8 Å². The van der Waals surface area contributed by atoms with Gasteiger partial charge in [-0.15, -0.1) is 0 Å². The van der Waals surface area contributed by atoms with Crippen molar-refractivity contribution in [1.29, 1.82) is 0 Å². The van der Waals surface area contributed by atoms with Crippen LogP contribution >= 0.6 is 0 Å². The third-order valence-electron chi connectivity index (χ3n) is 7.98. The minimum Gasteiger partial charge on any atom is -0.497 e. The smallest absolute Gasteiger partial charge is 0.246 e. The maximum Gasteiger partial charge on any atom is 0.246 e. The van der Waals surface area contributed by atoms with E-state index >= 15 is 0 Å². The number of hydrogen-bond acceptors (Lipinski definition) is 4. The number of nitrogens with zero attached hydrogens (tertiary/aromatic N) is 2. The molecule has 37 heavy (non-hydrogen) atoms. The number of piperidine rings is 1. The van der Waals surface area contributed by atoms with Gasteiger partial charge in [-0.25, -0.2) is 0 Å². The molecule has 1 atom stereocenters. The van der Waals surface area contributed by atoms with Crippen molar-refractivity contribution in [1.82, 2.24) is 15.1 Å². The van der Waals surface area contributed by atoms with Crippen LogP contribution in [0.4, 0.5) is 0 Å². The summed E-state index contributed by atoms with van der Waals surface area (Å²) >= 11 is 0. The predicted octanol–water partition coefficient (Wildman–Crippen LogP) is 4.82. The van der Waals surface area contributed by atoms with Crippen LogP contribution in [-0.4, -0.2) is 59.9 Å². The van der Waals surface area contributed by atoms with Crippen molar-refractivity contribution in [2.24, 2.45) is 5.92 Å². The van der Waals surface area contributed by atoms with Gasteiger partial charge in [0.15, 0.2) is 0 Å². The van der Waals surface area contributed by atoms with E-state index in [9.17, 15) is 9.59 Å². The first-order chi connectivity index (χ1) is 17.9. The fourth-order valence-electron chi connectivity index (χ4n) is 5.78. The van der Waals surface area contributed by atoms with Gasteiger partial charge in [-0.3, -0.25) is 9.59 Å². The lowest BCUT2D eigenvalue weighted by atomic mass is 9.80. The largest absolute Gasteiger partial charge is 0.497 e.